The summed E-state index contributed by atoms with van der Waals surface area (Å²) < 4.78 is 5.34. The van der Waals surface area contributed by atoms with Gasteiger partial charge in [-0.25, -0.2) is 0 Å². The summed E-state index contributed by atoms with van der Waals surface area (Å²) in [6.07, 6.45) is 3.25. The molecule has 0 spiro atoms. The molecule has 0 radical (unpaired) electrons. The molecule has 0 fully saturated rings. The summed E-state index contributed by atoms with van der Waals surface area (Å²) in [5.74, 6) is 0.0579. The molecule has 0 unspecified atom stereocenters. The van der Waals surface area contributed by atoms with Crippen LogP contribution in [0.4, 0.5) is 0 Å². The summed E-state index contributed by atoms with van der Waals surface area (Å²) in [4.78, 5) is 10.4. The fraction of sp³-hybridized carbons (Fsp3) is 0.667. The Morgan fingerprint density at radius 3 is 2.36 bits per heavy atom. The highest BCUT2D eigenvalue weighted by Gasteiger charge is 2.07. The minimum absolute atomic E-state index is 0.0579. The molecule has 0 heterocycles. The SMILES string of the molecule is CC(=O)/C=C/COC(C)(C)C. The van der Waals surface area contributed by atoms with Crippen molar-refractivity contribution in [3.05, 3.63) is 12.2 Å². The molecule has 0 aliphatic rings. The van der Waals surface area contributed by atoms with E-state index in [-0.39, 0.29) is 11.4 Å². The van der Waals surface area contributed by atoms with Crippen molar-refractivity contribution in [1.82, 2.24) is 0 Å². The molecule has 0 saturated carbocycles. The third-order valence-corrected chi connectivity index (χ3v) is 0.965. The maximum absolute atomic E-state index is 10.4. The third kappa shape index (κ3) is 9.37. The highest BCUT2D eigenvalue weighted by atomic mass is 16.5. The van der Waals surface area contributed by atoms with Crippen molar-refractivity contribution in [2.24, 2.45) is 0 Å². The molecule has 0 aromatic heterocycles. The molecule has 0 saturated heterocycles. The first-order valence-corrected chi connectivity index (χ1v) is 3.73. The lowest BCUT2D eigenvalue weighted by Crippen LogP contribution is -2.18. The van der Waals surface area contributed by atoms with Gasteiger partial charge in [-0.2, -0.15) is 0 Å². The minimum atomic E-state index is -0.124. The lowest BCUT2D eigenvalue weighted by Gasteiger charge is -2.17. The van der Waals surface area contributed by atoms with Crippen LogP contribution in [0, 0.1) is 0 Å². The van der Waals surface area contributed by atoms with E-state index in [1.54, 1.807) is 6.08 Å². The molecule has 64 valence electrons. The molecule has 2 nitrogen and oxygen atoms in total. The van der Waals surface area contributed by atoms with Crippen LogP contribution in [-0.2, 0) is 9.53 Å². The van der Waals surface area contributed by atoms with E-state index in [2.05, 4.69) is 0 Å². The van der Waals surface area contributed by atoms with Gasteiger partial charge in [-0.05, 0) is 33.8 Å². The summed E-state index contributed by atoms with van der Waals surface area (Å²) in [7, 11) is 0. The van der Waals surface area contributed by atoms with Gasteiger partial charge in [0.15, 0.2) is 5.78 Å². The lowest BCUT2D eigenvalue weighted by molar-refractivity contribution is -0.112. The van der Waals surface area contributed by atoms with Gasteiger partial charge in [-0.3, -0.25) is 4.79 Å². The molecule has 0 rings (SSSR count). The van der Waals surface area contributed by atoms with Gasteiger partial charge < -0.3 is 4.74 Å². The van der Waals surface area contributed by atoms with Crippen LogP contribution in [0.3, 0.4) is 0 Å². The Labute approximate surface area is 68.2 Å². The van der Waals surface area contributed by atoms with Gasteiger partial charge in [0.2, 0.25) is 0 Å². The van der Waals surface area contributed by atoms with Gasteiger partial charge in [-0.15, -0.1) is 0 Å². The van der Waals surface area contributed by atoms with Crippen molar-refractivity contribution in [1.29, 1.82) is 0 Å². The first-order valence-electron chi connectivity index (χ1n) is 3.73. The third-order valence-electron chi connectivity index (χ3n) is 0.965. The predicted molar refractivity (Wildman–Crippen MR) is 45.5 cm³/mol. The van der Waals surface area contributed by atoms with E-state index in [9.17, 15) is 4.79 Å². The summed E-state index contributed by atoms with van der Waals surface area (Å²) in [5.41, 5.74) is -0.124. The highest BCUT2D eigenvalue weighted by molar-refractivity contribution is 5.87. The van der Waals surface area contributed by atoms with Gasteiger partial charge >= 0.3 is 0 Å². The second kappa shape index (κ2) is 4.29. The predicted octanol–water partition coefficient (Wildman–Crippen LogP) is 1.95. The molecule has 0 aliphatic carbocycles. The van der Waals surface area contributed by atoms with Crippen LogP contribution in [0.2, 0.25) is 0 Å². The normalized spacial score (nSPS) is 12.4. The average Bonchev–Trinajstić information content (AvgIpc) is 1.78. The zero-order chi connectivity index (χ0) is 8.91. The Morgan fingerprint density at radius 2 is 2.00 bits per heavy atom. The van der Waals surface area contributed by atoms with Crippen LogP contribution < -0.4 is 0 Å². The Bertz CT molecular complexity index is 151. The highest BCUT2D eigenvalue weighted by Crippen LogP contribution is 2.05. The summed E-state index contributed by atoms with van der Waals surface area (Å²) in [6.45, 7) is 7.97. The number of hydrogen-bond donors (Lipinski definition) is 0. The topological polar surface area (TPSA) is 26.3 Å². The number of hydrogen-bond acceptors (Lipinski definition) is 2. The second-order valence-corrected chi connectivity index (χ2v) is 3.44. The van der Waals surface area contributed by atoms with E-state index in [0.29, 0.717) is 6.61 Å². The summed E-state index contributed by atoms with van der Waals surface area (Å²) in [6, 6.07) is 0. The monoisotopic (exact) mass is 156 g/mol. The van der Waals surface area contributed by atoms with Crippen molar-refractivity contribution in [3.63, 3.8) is 0 Å². The zero-order valence-electron chi connectivity index (χ0n) is 7.68. The van der Waals surface area contributed by atoms with Crippen molar-refractivity contribution in [2.75, 3.05) is 6.61 Å². The first-order chi connectivity index (χ1) is 4.92. The van der Waals surface area contributed by atoms with Crippen molar-refractivity contribution >= 4 is 5.78 Å². The average molecular weight is 156 g/mol. The molecule has 0 amide bonds. The molecular weight excluding hydrogens is 140 g/mol. The molecule has 0 aromatic carbocycles. The fourth-order valence-electron chi connectivity index (χ4n) is 0.512. The van der Waals surface area contributed by atoms with Gasteiger partial charge in [-0.1, -0.05) is 6.08 Å². The summed E-state index contributed by atoms with van der Waals surface area (Å²) >= 11 is 0. The molecule has 0 bridgehead atoms. The van der Waals surface area contributed by atoms with Crippen LogP contribution in [0.25, 0.3) is 0 Å². The Morgan fingerprint density at radius 1 is 1.45 bits per heavy atom. The maximum Gasteiger partial charge on any atom is 0.152 e. The van der Waals surface area contributed by atoms with Crippen LogP contribution in [0.15, 0.2) is 12.2 Å². The van der Waals surface area contributed by atoms with E-state index in [4.69, 9.17) is 4.74 Å². The van der Waals surface area contributed by atoms with Crippen molar-refractivity contribution in [3.8, 4) is 0 Å². The van der Waals surface area contributed by atoms with Crippen LogP contribution in [0.5, 0.6) is 0 Å². The maximum atomic E-state index is 10.4. The van der Waals surface area contributed by atoms with E-state index in [1.165, 1.54) is 13.0 Å². The van der Waals surface area contributed by atoms with E-state index < -0.39 is 0 Å². The largest absolute Gasteiger partial charge is 0.372 e. The van der Waals surface area contributed by atoms with Crippen LogP contribution in [0.1, 0.15) is 27.7 Å². The van der Waals surface area contributed by atoms with E-state index in [0.717, 1.165) is 0 Å². The van der Waals surface area contributed by atoms with Crippen molar-refractivity contribution in [2.45, 2.75) is 33.3 Å². The molecule has 11 heavy (non-hydrogen) atoms. The molecule has 0 aromatic rings. The number of ketones is 1. The van der Waals surface area contributed by atoms with E-state index >= 15 is 0 Å². The smallest absolute Gasteiger partial charge is 0.152 e. The standard InChI is InChI=1S/C9H16O2/c1-8(10)6-5-7-11-9(2,3)4/h5-6H,7H2,1-4H3/b6-5+. The van der Waals surface area contributed by atoms with E-state index in [1.807, 2.05) is 20.8 Å². The van der Waals surface area contributed by atoms with Crippen LogP contribution in [-0.4, -0.2) is 18.0 Å². The van der Waals surface area contributed by atoms with Gasteiger partial charge in [0.05, 0.1) is 12.2 Å². The number of allylic oxidation sites excluding steroid dienone is 1. The molecular formula is C9H16O2. The number of ether oxygens (including phenoxy) is 1. The second-order valence-electron chi connectivity index (χ2n) is 3.44. The van der Waals surface area contributed by atoms with Gasteiger partial charge in [0, 0.05) is 0 Å². The minimum Gasteiger partial charge on any atom is -0.372 e. The Kier molecular flexibility index (Phi) is 4.04. The molecule has 2 heteroatoms. The first kappa shape index (κ1) is 10.4. The number of carbonyl (C=O) groups is 1. The fourth-order valence-corrected chi connectivity index (χ4v) is 0.512. The van der Waals surface area contributed by atoms with Gasteiger partial charge in [0.1, 0.15) is 0 Å². The van der Waals surface area contributed by atoms with Crippen molar-refractivity contribution < 1.29 is 9.53 Å². The molecule has 0 aliphatic heterocycles. The number of carbonyl (C=O) groups excluding carboxylic acids is 1. The molecule has 0 N–H and O–H groups in total. The quantitative estimate of drug-likeness (QED) is 0.584. The number of rotatable bonds is 3. The Balaban J connectivity index is 3.50. The summed E-state index contributed by atoms with van der Waals surface area (Å²) in [5, 5.41) is 0. The zero-order valence-corrected chi connectivity index (χ0v) is 7.68. The lowest BCUT2D eigenvalue weighted by atomic mass is 10.2. The van der Waals surface area contributed by atoms with Gasteiger partial charge in [0.25, 0.3) is 0 Å². The van der Waals surface area contributed by atoms with Crippen LogP contribution >= 0.6 is 0 Å². The Hall–Kier alpha value is -0.630. The molecule has 0 atom stereocenters.